The highest BCUT2D eigenvalue weighted by Gasteiger charge is 2.20. The normalized spacial score (nSPS) is 11.6. The van der Waals surface area contributed by atoms with E-state index in [9.17, 15) is 8.42 Å². The molecule has 154 valence electrons. The van der Waals surface area contributed by atoms with Gasteiger partial charge in [-0.05, 0) is 37.3 Å². The zero-order valence-corrected chi connectivity index (χ0v) is 17.9. The molecule has 0 fully saturated rings. The maximum Gasteiger partial charge on any atom is 0.264 e. The monoisotopic (exact) mass is 448 g/mol. The summed E-state index contributed by atoms with van der Waals surface area (Å²) in [6.07, 6.45) is 1.59. The molecule has 0 saturated carbocycles. The summed E-state index contributed by atoms with van der Waals surface area (Å²) in [6.45, 7) is 2.02. The molecule has 5 rings (SSSR count). The van der Waals surface area contributed by atoms with Crippen LogP contribution in [0.2, 0.25) is 0 Å². The van der Waals surface area contributed by atoms with Crippen LogP contribution >= 0.6 is 11.7 Å². The minimum Gasteiger partial charge on any atom is -0.444 e. The maximum atomic E-state index is 13.0. The van der Waals surface area contributed by atoms with Crippen LogP contribution in [0.25, 0.3) is 33.7 Å². The van der Waals surface area contributed by atoms with E-state index in [-0.39, 0.29) is 4.90 Å². The van der Waals surface area contributed by atoms with Gasteiger partial charge in [-0.15, -0.1) is 0 Å². The van der Waals surface area contributed by atoms with Gasteiger partial charge in [-0.2, -0.15) is 8.75 Å². The van der Waals surface area contributed by atoms with E-state index in [4.69, 9.17) is 4.42 Å². The molecule has 0 amide bonds. The SMILES string of the molecule is Cc1ccc(-c2coc(-c3cccc(NS(=O)(=O)c4cccc5nsnc45)c3)n2)cc1. The van der Waals surface area contributed by atoms with E-state index < -0.39 is 10.0 Å². The van der Waals surface area contributed by atoms with Crippen molar-refractivity contribution >= 4 is 38.5 Å². The standard InChI is InChI=1S/C22H16N4O3S2/c1-14-8-10-15(11-9-14)19-13-29-22(23-19)16-4-2-5-17(12-16)26-31(27,28)20-7-3-6-18-21(20)25-30-24-18/h2-13,26H,1H3. The van der Waals surface area contributed by atoms with Crippen LogP contribution < -0.4 is 4.72 Å². The van der Waals surface area contributed by atoms with Gasteiger partial charge in [-0.1, -0.05) is 42.0 Å². The maximum absolute atomic E-state index is 13.0. The Kier molecular flexibility index (Phi) is 4.76. The first-order valence-corrected chi connectivity index (χ1v) is 11.6. The average molecular weight is 449 g/mol. The number of aryl methyl sites for hydroxylation is 1. The molecular formula is C22H16N4O3S2. The number of benzene rings is 3. The Morgan fingerprint density at radius 3 is 2.58 bits per heavy atom. The molecule has 2 heterocycles. The third kappa shape index (κ3) is 3.80. The summed E-state index contributed by atoms with van der Waals surface area (Å²) in [6, 6.07) is 19.8. The van der Waals surface area contributed by atoms with Gasteiger partial charge in [0, 0.05) is 16.8 Å². The molecule has 9 heteroatoms. The predicted molar refractivity (Wildman–Crippen MR) is 120 cm³/mol. The number of hydrogen-bond donors (Lipinski definition) is 1. The molecule has 3 aromatic carbocycles. The van der Waals surface area contributed by atoms with Crippen molar-refractivity contribution in [1.82, 2.24) is 13.7 Å². The lowest BCUT2D eigenvalue weighted by Gasteiger charge is -2.09. The Bertz CT molecular complexity index is 1490. The van der Waals surface area contributed by atoms with Gasteiger partial charge in [0.1, 0.15) is 27.9 Å². The number of rotatable bonds is 5. The highest BCUT2D eigenvalue weighted by atomic mass is 32.2. The van der Waals surface area contributed by atoms with Crippen molar-refractivity contribution in [2.75, 3.05) is 4.72 Å². The summed E-state index contributed by atoms with van der Waals surface area (Å²) in [5.41, 5.74) is 4.78. The first-order valence-electron chi connectivity index (χ1n) is 9.37. The number of anilines is 1. The lowest BCUT2D eigenvalue weighted by molar-refractivity contribution is 0.575. The fraction of sp³-hybridized carbons (Fsp3) is 0.0455. The zero-order chi connectivity index (χ0) is 21.4. The second-order valence-electron chi connectivity index (χ2n) is 6.98. The Morgan fingerprint density at radius 2 is 1.74 bits per heavy atom. The topological polar surface area (TPSA) is 98.0 Å². The number of hydrogen-bond acceptors (Lipinski definition) is 7. The molecule has 1 N–H and O–H groups in total. The van der Waals surface area contributed by atoms with Gasteiger partial charge in [0.05, 0.1) is 11.7 Å². The second kappa shape index (κ2) is 7.60. The van der Waals surface area contributed by atoms with Crippen LogP contribution in [0.3, 0.4) is 0 Å². The Labute approximate surface area is 182 Å². The molecule has 31 heavy (non-hydrogen) atoms. The highest BCUT2D eigenvalue weighted by Crippen LogP contribution is 2.28. The molecule has 2 aromatic heterocycles. The molecule has 0 spiro atoms. The van der Waals surface area contributed by atoms with E-state index in [1.165, 1.54) is 6.07 Å². The average Bonchev–Trinajstić information content (AvgIpc) is 3.44. The number of nitrogens with one attached hydrogen (secondary N) is 1. The number of aromatic nitrogens is 3. The molecule has 7 nitrogen and oxygen atoms in total. The lowest BCUT2D eigenvalue weighted by Crippen LogP contribution is -2.13. The minimum absolute atomic E-state index is 0.0851. The largest absolute Gasteiger partial charge is 0.444 e. The van der Waals surface area contributed by atoms with E-state index >= 15 is 0 Å². The molecule has 0 aliphatic carbocycles. The third-order valence-electron chi connectivity index (χ3n) is 4.75. The molecular weight excluding hydrogens is 432 g/mol. The van der Waals surface area contributed by atoms with Crippen molar-refractivity contribution in [2.45, 2.75) is 11.8 Å². The van der Waals surface area contributed by atoms with Crippen LogP contribution in [-0.2, 0) is 10.0 Å². The number of oxazole rings is 1. The summed E-state index contributed by atoms with van der Waals surface area (Å²) in [7, 11) is -3.85. The van der Waals surface area contributed by atoms with Crippen molar-refractivity contribution in [3.05, 3.63) is 78.6 Å². The van der Waals surface area contributed by atoms with Crippen LogP contribution in [0.15, 0.2) is 82.3 Å². The second-order valence-corrected chi connectivity index (χ2v) is 9.16. The van der Waals surface area contributed by atoms with Crippen molar-refractivity contribution in [2.24, 2.45) is 0 Å². The number of sulfonamides is 1. The molecule has 0 unspecified atom stereocenters. The first kappa shape index (κ1) is 19.4. The Morgan fingerprint density at radius 1 is 0.935 bits per heavy atom. The molecule has 0 saturated heterocycles. The van der Waals surface area contributed by atoms with Crippen LogP contribution in [0.4, 0.5) is 5.69 Å². The number of nitrogens with zero attached hydrogens (tertiary/aromatic N) is 3. The van der Waals surface area contributed by atoms with Gasteiger partial charge >= 0.3 is 0 Å². The van der Waals surface area contributed by atoms with Crippen LogP contribution in [-0.4, -0.2) is 22.1 Å². The van der Waals surface area contributed by atoms with Crippen molar-refractivity contribution < 1.29 is 12.8 Å². The Hall–Kier alpha value is -3.56. The van der Waals surface area contributed by atoms with E-state index in [1.54, 1.807) is 36.6 Å². The Balaban J connectivity index is 1.44. The fourth-order valence-electron chi connectivity index (χ4n) is 3.19. The van der Waals surface area contributed by atoms with Gasteiger partial charge in [-0.3, -0.25) is 4.72 Å². The summed E-state index contributed by atoms with van der Waals surface area (Å²) < 4.78 is 42.4. The third-order valence-corrected chi connectivity index (χ3v) is 6.71. The molecule has 0 bridgehead atoms. The van der Waals surface area contributed by atoms with E-state index in [1.807, 2.05) is 37.3 Å². The van der Waals surface area contributed by atoms with Crippen molar-refractivity contribution in [3.63, 3.8) is 0 Å². The van der Waals surface area contributed by atoms with Crippen molar-refractivity contribution in [1.29, 1.82) is 0 Å². The fourth-order valence-corrected chi connectivity index (χ4v) is 5.00. The van der Waals surface area contributed by atoms with Gasteiger partial charge in [0.2, 0.25) is 5.89 Å². The zero-order valence-electron chi connectivity index (χ0n) is 16.3. The molecule has 5 aromatic rings. The van der Waals surface area contributed by atoms with E-state index in [0.29, 0.717) is 33.9 Å². The van der Waals surface area contributed by atoms with E-state index in [2.05, 4.69) is 18.5 Å². The summed E-state index contributed by atoms with van der Waals surface area (Å²) >= 11 is 0.977. The van der Waals surface area contributed by atoms with E-state index in [0.717, 1.165) is 22.9 Å². The minimum atomic E-state index is -3.85. The van der Waals surface area contributed by atoms with Crippen molar-refractivity contribution in [3.8, 4) is 22.7 Å². The summed E-state index contributed by atoms with van der Waals surface area (Å²) in [5.74, 6) is 0.405. The van der Waals surface area contributed by atoms with Gasteiger partial charge in [0.25, 0.3) is 10.0 Å². The smallest absolute Gasteiger partial charge is 0.264 e. The lowest BCUT2D eigenvalue weighted by atomic mass is 10.1. The number of fused-ring (bicyclic) bond motifs is 1. The molecule has 0 aliphatic heterocycles. The predicted octanol–water partition coefficient (Wildman–Crippen LogP) is 5.12. The van der Waals surface area contributed by atoms with Gasteiger partial charge in [0.15, 0.2) is 0 Å². The molecule has 0 aliphatic rings. The first-order chi connectivity index (χ1) is 15.0. The quantitative estimate of drug-likeness (QED) is 0.401. The highest BCUT2D eigenvalue weighted by molar-refractivity contribution is 7.93. The molecule has 0 radical (unpaired) electrons. The van der Waals surface area contributed by atoms with Crippen LogP contribution in [0.5, 0.6) is 0 Å². The van der Waals surface area contributed by atoms with Gasteiger partial charge in [-0.25, -0.2) is 13.4 Å². The van der Waals surface area contributed by atoms with Crippen LogP contribution in [0, 0.1) is 6.92 Å². The van der Waals surface area contributed by atoms with Gasteiger partial charge < -0.3 is 4.42 Å². The summed E-state index contributed by atoms with van der Waals surface area (Å²) in [4.78, 5) is 4.63. The summed E-state index contributed by atoms with van der Waals surface area (Å²) in [5, 5.41) is 0. The molecule has 0 atom stereocenters. The van der Waals surface area contributed by atoms with Crippen LogP contribution in [0.1, 0.15) is 5.56 Å².